The molecule has 0 amide bonds. The maximum Gasteiger partial charge on any atom is 0.422 e. The lowest BCUT2D eigenvalue weighted by molar-refractivity contribution is -0.154. The lowest BCUT2D eigenvalue weighted by Gasteiger charge is -2.32. The van der Waals surface area contributed by atoms with Gasteiger partial charge in [0.1, 0.15) is 12.4 Å². The third-order valence-electron chi connectivity index (χ3n) is 5.03. The number of piperidine rings is 1. The second-order valence-corrected chi connectivity index (χ2v) is 7.42. The van der Waals surface area contributed by atoms with E-state index in [0.29, 0.717) is 24.9 Å². The number of benzene rings is 1. The molecule has 2 heterocycles. The van der Waals surface area contributed by atoms with E-state index in [1.54, 1.807) is 12.3 Å². The van der Waals surface area contributed by atoms with Crippen molar-refractivity contribution in [2.24, 2.45) is 11.1 Å². The first kappa shape index (κ1) is 23.6. The molecule has 1 saturated heterocycles. The number of halogens is 3. The Kier molecular flexibility index (Phi) is 8.52. The molecule has 0 spiro atoms. The van der Waals surface area contributed by atoms with Crippen LogP contribution in [0.25, 0.3) is 0 Å². The van der Waals surface area contributed by atoms with E-state index in [0.717, 1.165) is 43.7 Å². The molecule has 1 fully saturated rings. The fourth-order valence-electron chi connectivity index (χ4n) is 3.33. The first-order valence-corrected chi connectivity index (χ1v) is 10.6. The number of alkyl halides is 3. The van der Waals surface area contributed by atoms with Gasteiger partial charge in [0, 0.05) is 19.2 Å². The van der Waals surface area contributed by atoms with Crippen molar-refractivity contribution in [3.63, 3.8) is 0 Å². The Morgan fingerprint density at radius 1 is 1.06 bits per heavy atom. The summed E-state index contributed by atoms with van der Waals surface area (Å²) >= 11 is 0. The zero-order valence-electron chi connectivity index (χ0n) is 17.9. The van der Waals surface area contributed by atoms with Crippen LogP contribution in [0.1, 0.15) is 31.7 Å². The third kappa shape index (κ3) is 7.90. The molecular weight excluding hydrogens is 425 g/mol. The summed E-state index contributed by atoms with van der Waals surface area (Å²) < 4.78 is 47.1. The second-order valence-electron chi connectivity index (χ2n) is 7.42. The minimum atomic E-state index is -4.39. The minimum Gasteiger partial charge on any atom is -0.494 e. The summed E-state index contributed by atoms with van der Waals surface area (Å²) in [6.07, 6.45) is 0.203. The molecule has 0 aliphatic carbocycles. The standard InChI is InChI=1S/C22H27F3N4O3/c1-2-32-26-15-18-3-5-19(6-4-18)30-14-11-17-9-12-29(13-10-17)20-7-8-21(28-27-20)31-16-22(23,24)25/h3-8,15,17H,2,9-14,16H2,1H3. The van der Waals surface area contributed by atoms with E-state index in [2.05, 4.69) is 25.0 Å². The van der Waals surface area contributed by atoms with Gasteiger partial charge in [-0.2, -0.15) is 13.2 Å². The highest BCUT2D eigenvalue weighted by molar-refractivity contribution is 5.79. The molecule has 0 bridgehead atoms. The van der Waals surface area contributed by atoms with E-state index in [1.807, 2.05) is 31.2 Å². The van der Waals surface area contributed by atoms with Crippen LogP contribution in [0.4, 0.5) is 19.0 Å². The van der Waals surface area contributed by atoms with Crippen molar-refractivity contribution >= 4 is 12.0 Å². The maximum atomic E-state index is 12.2. The van der Waals surface area contributed by atoms with Gasteiger partial charge in [-0.25, -0.2) is 0 Å². The molecular formula is C22H27F3N4O3. The normalized spacial score (nSPS) is 15.2. The Balaban J connectivity index is 1.36. The van der Waals surface area contributed by atoms with Crippen LogP contribution >= 0.6 is 0 Å². The van der Waals surface area contributed by atoms with Gasteiger partial charge in [0.15, 0.2) is 12.4 Å². The van der Waals surface area contributed by atoms with Crippen LogP contribution in [0.3, 0.4) is 0 Å². The maximum absolute atomic E-state index is 12.2. The molecule has 1 aliphatic rings. The van der Waals surface area contributed by atoms with Crippen molar-refractivity contribution in [2.75, 3.05) is 37.8 Å². The molecule has 2 aromatic rings. The number of anilines is 1. The van der Waals surface area contributed by atoms with E-state index >= 15 is 0 Å². The molecule has 1 aromatic carbocycles. The summed E-state index contributed by atoms with van der Waals surface area (Å²) in [5, 5.41) is 11.6. The Morgan fingerprint density at radius 2 is 1.81 bits per heavy atom. The molecule has 10 heteroatoms. The number of oxime groups is 1. The van der Waals surface area contributed by atoms with Gasteiger partial charge in [-0.05, 0) is 68.0 Å². The third-order valence-corrected chi connectivity index (χ3v) is 5.03. The molecule has 1 aromatic heterocycles. The summed E-state index contributed by atoms with van der Waals surface area (Å²) in [5.41, 5.74) is 0.946. The first-order chi connectivity index (χ1) is 15.4. The summed E-state index contributed by atoms with van der Waals surface area (Å²) in [6, 6.07) is 10.7. The SMILES string of the molecule is CCON=Cc1ccc(OCCC2CCN(c3ccc(OCC(F)(F)F)nn3)CC2)cc1. The molecule has 32 heavy (non-hydrogen) atoms. The number of rotatable bonds is 10. The van der Waals surface area contributed by atoms with E-state index in [-0.39, 0.29) is 5.88 Å². The van der Waals surface area contributed by atoms with Gasteiger partial charge in [0.05, 0.1) is 12.8 Å². The smallest absolute Gasteiger partial charge is 0.422 e. The van der Waals surface area contributed by atoms with Crippen LogP contribution in [-0.2, 0) is 4.84 Å². The van der Waals surface area contributed by atoms with Crippen LogP contribution < -0.4 is 14.4 Å². The molecule has 0 unspecified atom stereocenters. The van der Waals surface area contributed by atoms with Crippen LogP contribution in [-0.4, -0.2) is 55.5 Å². The topological polar surface area (TPSA) is 69.1 Å². The monoisotopic (exact) mass is 452 g/mol. The van der Waals surface area contributed by atoms with Gasteiger partial charge < -0.3 is 19.2 Å². The molecule has 0 atom stereocenters. The van der Waals surface area contributed by atoms with Gasteiger partial charge in [-0.1, -0.05) is 5.16 Å². The van der Waals surface area contributed by atoms with Gasteiger partial charge >= 0.3 is 6.18 Å². The van der Waals surface area contributed by atoms with Crippen LogP contribution in [0, 0.1) is 5.92 Å². The van der Waals surface area contributed by atoms with Gasteiger partial charge in [0.25, 0.3) is 0 Å². The van der Waals surface area contributed by atoms with Crippen molar-refractivity contribution in [2.45, 2.75) is 32.4 Å². The Labute approximate surface area is 185 Å². The zero-order chi connectivity index (χ0) is 22.8. The van der Waals surface area contributed by atoms with Crippen molar-refractivity contribution in [3.05, 3.63) is 42.0 Å². The van der Waals surface area contributed by atoms with Crippen LogP contribution in [0.5, 0.6) is 11.6 Å². The Morgan fingerprint density at radius 3 is 2.44 bits per heavy atom. The van der Waals surface area contributed by atoms with E-state index in [1.165, 1.54) is 6.07 Å². The average Bonchev–Trinajstić information content (AvgIpc) is 2.79. The lowest BCUT2D eigenvalue weighted by atomic mass is 9.94. The lowest BCUT2D eigenvalue weighted by Crippen LogP contribution is -2.34. The molecule has 174 valence electrons. The highest BCUT2D eigenvalue weighted by Crippen LogP contribution is 2.25. The number of aromatic nitrogens is 2. The minimum absolute atomic E-state index is 0.132. The first-order valence-electron chi connectivity index (χ1n) is 10.6. The quantitative estimate of drug-likeness (QED) is 0.391. The Bertz CT molecular complexity index is 837. The van der Waals surface area contributed by atoms with Gasteiger partial charge in [-0.3, -0.25) is 0 Å². The predicted octanol–water partition coefficient (Wildman–Crippen LogP) is 4.47. The second kappa shape index (κ2) is 11.5. The summed E-state index contributed by atoms with van der Waals surface area (Å²) in [6.45, 7) is 3.32. The predicted molar refractivity (Wildman–Crippen MR) is 114 cm³/mol. The van der Waals surface area contributed by atoms with Crippen molar-refractivity contribution < 1.29 is 27.5 Å². The van der Waals surface area contributed by atoms with E-state index in [4.69, 9.17) is 9.57 Å². The van der Waals surface area contributed by atoms with E-state index in [9.17, 15) is 13.2 Å². The number of hydrogen-bond donors (Lipinski definition) is 0. The fraction of sp³-hybridized carbons (Fsp3) is 0.500. The van der Waals surface area contributed by atoms with Gasteiger partial charge in [-0.15, -0.1) is 10.2 Å². The largest absolute Gasteiger partial charge is 0.494 e. The number of nitrogens with zero attached hydrogens (tertiary/aromatic N) is 4. The van der Waals surface area contributed by atoms with Crippen molar-refractivity contribution in [3.8, 4) is 11.6 Å². The van der Waals surface area contributed by atoms with Gasteiger partial charge in [0.2, 0.25) is 5.88 Å². The molecule has 7 nitrogen and oxygen atoms in total. The summed E-state index contributed by atoms with van der Waals surface area (Å²) in [4.78, 5) is 7.03. The fourth-order valence-corrected chi connectivity index (χ4v) is 3.33. The Hall–Kier alpha value is -3.04. The molecule has 3 rings (SSSR count). The highest BCUT2D eigenvalue weighted by atomic mass is 19.4. The average molecular weight is 452 g/mol. The van der Waals surface area contributed by atoms with E-state index < -0.39 is 12.8 Å². The molecule has 1 aliphatic heterocycles. The highest BCUT2D eigenvalue weighted by Gasteiger charge is 2.28. The van der Waals surface area contributed by atoms with Crippen LogP contribution in [0.15, 0.2) is 41.6 Å². The molecule has 0 saturated carbocycles. The number of hydrogen-bond acceptors (Lipinski definition) is 7. The van der Waals surface area contributed by atoms with Crippen molar-refractivity contribution in [1.82, 2.24) is 10.2 Å². The van der Waals surface area contributed by atoms with Crippen molar-refractivity contribution in [1.29, 1.82) is 0 Å². The van der Waals surface area contributed by atoms with Crippen LogP contribution in [0.2, 0.25) is 0 Å². The summed E-state index contributed by atoms with van der Waals surface area (Å²) in [7, 11) is 0. The molecule has 0 N–H and O–H groups in total. The zero-order valence-corrected chi connectivity index (χ0v) is 17.9. The molecule has 0 radical (unpaired) electrons. The number of ether oxygens (including phenoxy) is 2. The summed E-state index contributed by atoms with van der Waals surface area (Å²) in [5.74, 6) is 1.88.